The van der Waals surface area contributed by atoms with Gasteiger partial charge in [0, 0.05) is 50.5 Å². The average Bonchev–Trinajstić information content (AvgIpc) is 3.26. The molecule has 1 fully saturated rings. The van der Waals surface area contributed by atoms with Crippen LogP contribution in [0.1, 0.15) is 64.0 Å². The fourth-order valence-corrected chi connectivity index (χ4v) is 5.03. The van der Waals surface area contributed by atoms with Crippen LogP contribution in [-0.2, 0) is 29.7 Å². The number of aromatic nitrogens is 2. The average molecular weight is 416 g/mol. The standard InChI is InChI=1S/C22H33N5O3/c1-14(2)11-18(28)25-8-5-17-16(12-25)19(29)27-10-7-22(20(27)24-17)6-9-26(13-22)21(30)23-15(3)4/h14-15H,5-13H2,1-4H3,(H,23,30)/t22-/m0/s1. The first-order valence-corrected chi connectivity index (χ1v) is 11.2. The van der Waals surface area contributed by atoms with Crippen LogP contribution in [-0.4, -0.2) is 57.0 Å². The molecule has 164 valence electrons. The van der Waals surface area contributed by atoms with Gasteiger partial charge in [0.25, 0.3) is 5.56 Å². The van der Waals surface area contributed by atoms with Gasteiger partial charge in [-0.05, 0) is 32.6 Å². The minimum Gasteiger partial charge on any atom is -0.338 e. The van der Waals surface area contributed by atoms with Crippen LogP contribution < -0.4 is 10.9 Å². The SMILES string of the molecule is CC(C)CC(=O)N1CCc2nc3n(c(=O)c2C1)CC[C@]31CCN(C(=O)NC(C)C)C1. The van der Waals surface area contributed by atoms with Crippen molar-refractivity contribution in [1.82, 2.24) is 24.7 Å². The third-order valence-electron chi connectivity index (χ3n) is 6.59. The minimum absolute atomic E-state index is 0.000922. The Morgan fingerprint density at radius 2 is 1.83 bits per heavy atom. The highest BCUT2D eigenvalue weighted by atomic mass is 16.2. The highest BCUT2D eigenvalue weighted by Crippen LogP contribution is 2.41. The first-order valence-electron chi connectivity index (χ1n) is 11.2. The van der Waals surface area contributed by atoms with Gasteiger partial charge in [-0.15, -0.1) is 0 Å². The molecule has 1 spiro atoms. The van der Waals surface area contributed by atoms with Crippen molar-refractivity contribution in [1.29, 1.82) is 0 Å². The number of fused-ring (bicyclic) bond motifs is 3. The van der Waals surface area contributed by atoms with Crippen LogP contribution in [0.5, 0.6) is 0 Å². The number of carbonyl (C=O) groups excluding carboxylic acids is 2. The fourth-order valence-electron chi connectivity index (χ4n) is 5.03. The Morgan fingerprint density at radius 1 is 1.10 bits per heavy atom. The molecule has 30 heavy (non-hydrogen) atoms. The van der Waals surface area contributed by atoms with Gasteiger partial charge >= 0.3 is 6.03 Å². The lowest BCUT2D eigenvalue weighted by Gasteiger charge is -2.30. The Kier molecular flexibility index (Phi) is 5.36. The summed E-state index contributed by atoms with van der Waals surface area (Å²) in [5.74, 6) is 1.25. The first-order chi connectivity index (χ1) is 14.2. The molecule has 1 aromatic heterocycles. The molecule has 0 unspecified atom stereocenters. The summed E-state index contributed by atoms with van der Waals surface area (Å²) in [7, 11) is 0. The van der Waals surface area contributed by atoms with Crippen LogP contribution in [0.25, 0.3) is 0 Å². The highest BCUT2D eigenvalue weighted by molar-refractivity contribution is 5.76. The normalized spacial score (nSPS) is 22.7. The summed E-state index contributed by atoms with van der Waals surface area (Å²) in [6, 6.07) is 0.0546. The number of nitrogens with zero attached hydrogens (tertiary/aromatic N) is 4. The Bertz CT molecular complexity index is 922. The molecule has 0 aromatic carbocycles. The van der Waals surface area contributed by atoms with E-state index in [2.05, 4.69) is 5.32 Å². The Labute approximate surface area is 177 Å². The summed E-state index contributed by atoms with van der Waals surface area (Å²) in [5.41, 5.74) is 1.28. The van der Waals surface area contributed by atoms with Crippen molar-refractivity contribution >= 4 is 11.9 Å². The van der Waals surface area contributed by atoms with Gasteiger partial charge in [-0.1, -0.05) is 13.8 Å². The van der Waals surface area contributed by atoms with Crippen molar-refractivity contribution in [3.8, 4) is 0 Å². The molecule has 0 saturated carbocycles. The van der Waals surface area contributed by atoms with E-state index in [0.29, 0.717) is 57.0 Å². The maximum Gasteiger partial charge on any atom is 0.317 e. The summed E-state index contributed by atoms with van der Waals surface area (Å²) in [4.78, 5) is 46.9. The van der Waals surface area contributed by atoms with Crippen molar-refractivity contribution in [3.63, 3.8) is 0 Å². The predicted octanol–water partition coefficient (Wildman–Crippen LogP) is 1.64. The van der Waals surface area contributed by atoms with Crippen LogP contribution in [0.15, 0.2) is 4.79 Å². The zero-order chi connectivity index (χ0) is 21.6. The van der Waals surface area contributed by atoms with E-state index in [-0.39, 0.29) is 29.0 Å². The van der Waals surface area contributed by atoms with Gasteiger partial charge in [0.2, 0.25) is 5.91 Å². The van der Waals surface area contributed by atoms with Crippen molar-refractivity contribution in [2.75, 3.05) is 19.6 Å². The molecule has 3 aliphatic heterocycles. The maximum absolute atomic E-state index is 13.3. The highest BCUT2D eigenvalue weighted by Gasteiger charge is 2.48. The topological polar surface area (TPSA) is 87.5 Å². The van der Waals surface area contributed by atoms with Gasteiger partial charge in [0.05, 0.1) is 17.8 Å². The van der Waals surface area contributed by atoms with E-state index in [1.54, 1.807) is 9.47 Å². The molecule has 3 aliphatic rings. The molecule has 1 N–H and O–H groups in total. The van der Waals surface area contributed by atoms with Crippen LogP contribution in [0.2, 0.25) is 0 Å². The Hall–Kier alpha value is -2.38. The monoisotopic (exact) mass is 415 g/mol. The minimum atomic E-state index is -0.229. The van der Waals surface area contributed by atoms with Gasteiger partial charge in [-0.3, -0.25) is 14.2 Å². The lowest BCUT2D eigenvalue weighted by molar-refractivity contribution is -0.132. The molecule has 1 atom stereocenters. The van der Waals surface area contributed by atoms with E-state index in [9.17, 15) is 14.4 Å². The summed E-state index contributed by atoms with van der Waals surface area (Å²) in [6.07, 6.45) is 2.80. The van der Waals surface area contributed by atoms with Crippen molar-refractivity contribution in [2.24, 2.45) is 5.92 Å². The maximum atomic E-state index is 13.3. The molecule has 4 rings (SSSR count). The number of likely N-dealkylation sites (tertiary alicyclic amines) is 1. The second-order valence-corrected chi connectivity index (χ2v) is 9.79. The van der Waals surface area contributed by atoms with Crippen molar-refractivity contribution in [3.05, 3.63) is 27.4 Å². The van der Waals surface area contributed by atoms with E-state index in [4.69, 9.17) is 4.98 Å². The van der Waals surface area contributed by atoms with Crippen molar-refractivity contribution < 1.29 is 9.59 Å². The number of hydrogen-bond donors (Lipinski definition) is 1. The summed E-state index contributed by atoms with van der Waals surface area (Å²) in [5, 5.41) is 2.97. The molecule has 3 amide bonds. The molecule has 0 radical (unpaired) electrons. The molecule has 0 bridgehead atoms. The van der Waals surface area contributed by atoms with Gasteiger partial charge in [0.1, 0.15) is 5.82 Å². The molecule has 8 heteroatoms. The van der Waals surface area contributed by atoms with E-state index < -0.39 is 0 Å². The Balaban J connectivity index is 1.58. The molecule has 0 aliphatic carbocycles. The number of rotatable bonds is 3. The molecule has 8 nitrogen and oxygen atoms in total. The number of carbonyl (C=O) groups is 2. The Morgan fingerprint density at radius 3 is 2.53 bits per heavy atom. The molecule has 4 heterocycles. The van der Waals surface area contributed by atoms with Crippen molar-refractivity contribution in [2.45, 2.75) is 77.9 Å². The zero-order valence-corrected chi connectivity index (χ0v) is 18.5. The number of urea groups is 1. The second kappa shape index (κ2) is 7.71. The molecule has 1 saturated heterocycles. The second-order valence-electron chi connectivity index (χ2n) is 9.79. The number of amides is 3. The van der Waals surface area contributed by atoms with Gasteiger partial charge in [-0.2, -0.15) is 0 Å². The molecular weight excluding hydrogens is 382 g/mol. The molecular formula is C22H33N5O3. The quantitative estimate of drug-likeness (QED) is 0.813. The van der Waals surface area contributed by atoms with E-state index in [1.165, 1.54) is 0 Å². The van der Waals surface area contributed by atoms with Gasteiger partial charge in [-0.25, -0.2) is 9.78 Å². The largest absolute Gasteiger partial charge is 0.338 e. The van der Waals surface area contributed by atoms with E-state index >= 15 is 0 Å². The number of hydrogen-bond acceptors (Lipinski definition) is 4. The van der Waals surface area contributed by atoms with Crippen LogP contribution >= 0.6 is 0 Å². The van der Waals surface area contributed by atoms with Crippen LogP contribution in [0.4, 0.5) is 4.79 Å². The fraction of sp³-hybridized carbons (Fsp3) is 0.727. The lowest BCUT2D eigenvalue weighted by Crippen LogP contribution is -2.44. The summed E-state index contributed by atoms with van der Waals surface area (Å²) < 4.78 is 1.80. The molecule has 1 aromatic rings. The van der Waals surface area contributed by atoms with E-state index in [0.717, 1.165) is 24.4 Å². The van der Waals surface area contributed by atoms with Crippen LogP contribution in [0.3, 0.4) is 0 Å². The first kappa shape index (κ1) is 20.9. The summed E-state index contributed by atoms with van der Waals surface area (Å²) >= 11 is 0. The van der Waals surface area contributed by atoms with Gasteiger partial charge in [0.15, 0.2) is 0 Å². The third-order valence-corrected chi connectivity index (χ3v) is 6.59. The summed E-state index contributed by atoms with van der Waals surface area (Å²) in [6.45, 7) is 10.9. The van der Waals surface area contributed by atoms with Crippen LogP contribution in [0, 0.1) is 5.92 Å². The van der Waals surface area contributed by atoms with E-state index in [1.807, 2.05) is 32.6 Å². The zero-order valence-electron chi connectivity index (χ0n) is 18.5. The number of nitrogens with one attached hydrogen (secondary N) is 1. The lowest BCUT2D eigenvalue weighted by atomic mass is 9.85. The smallest absolute Gasteiger partial charge is 0.317 e. The van der Waals surface area contributed by atoms with Gasteiger partial charge < -0.3 is 15.1 Å². The predicted molar refractivity (Wildman–Crippen MR) is 113 cm³/mol. The third kappa shape index (κ3) is 3.61.